The Kier molecular flexibility index (Phi) is 4.94. The SMILES string of the molecule is CNC(=O)C(c1ncc(C)n1C)N1CCN(C(=O)c2coc(C)n2)CC2(CC2)C1. The van der Waals surface area contributed by atoms with Gasteiger partial charge in [0.05, 0.1) is 0 Å². The number of likely N-dealkylation sites (N-methyl/N-ethyl adjacent to an activating group) is 1. The predicted octanol–water partition coefficient (Wildman–Crippen LogP) is 1.05. The van der Waals surface area contributed by atoms with Gasteiger partial charge in [0.1, 0.15) is 18.1 Å². The first-order valence-corrected chi connectivity index (χ1v) is 9.99. The molecule has 2 aromatic rings. The van der Waals surface area contributed by atoms with Crippen molar-refractivity contribution in [3.8, 4) is 0 Å². The summed E-state index contributed by atoms with van der Waals surface area (Å²) < 4.78 is 7.18. The largest absolute Gasteiger partial charge is 0.448 e. The van der Waals surface area contributed by atoms with Crippen LogP contribution in [0.4, 0.5) is 0 Å². The highest BCUT2D eigenvalue weighted by Crippen LogP contribution is 2.49. The van der Waals surface area contributed by atoms with Crippen molar-refractivity contribution in [2.45, 2.75) is 32.7 Å². The van der Waals surface area contributed by atoms with E-state index < -0.39 is 6.04 Å². The Morgan fingerprint density at radius 2 is 2.00 bits per heavy atom. The molecule has 1 saturated heterocycles. The highest BCUT2D eigenvalue weighted by atomic mass is 16.3. The van der Waals surface area contributed by atoms with Gasteiger partial charge in [0.15, 0.2) is 11.6 Å². The molecule has 2 fully saturated rings. The number of nitrogens with zero attached hydrogens (tertiary/aromatic N) is 5. The Morgan fingerprint density at radius 1 is 1.24 bits per heavy atom. The Morgan fingerprint density at radius 3 is 2.55 bits per heavy atom. The molecular weight excluding hydrogens is 372 g/mol. The van der Waals surface area contributed by atoms with Crippen LogP contribution in [0.5, 0.6) is 0 Å². The van der Waals surface area contributed by atoms with Gasteiger partial charge in [-0.05, 0) is 19.8 Å². The van der Waals surface area contributed by atoms with E-state index in [2.05, 4.69) is 20.2 Å². The zero-order chi connectivity index (χ0) is 20.8. The molecule has 3 heterocycles. The van der Waals surface area contributed by atoms with Gasteiger partial charge in [0.2, 0.25) is 5.91 Å². The quantitative estimate of drug-likeness (QED) is 0.824. The number of hydrogen-bond acceptors (Lipinski definition) is 6. The number of aryl methyl sites for hydroxylation is 2. The molecule has 156 valence electrons. The second-order valence-electron chi connectivity index (χ2n) is 8.28. The van der Waals surface area contributed by atoms with Crippen LogP contribution in [0.15, 0.2) is 16.9 Å². The molecule has 1 spiro atoms. The zero-order valence-corrected chi connectivity index (χ0v) is 17.4. The molecule has 1 aliphatic heterocycles. The third-order valence-corrected chi connectivity index (χ3v) is 6.17. The molecular formula is C20H28N6O3. The summed E-state index contributed by atoms with van der Waals surface area (Å²) in [4.78, 5) is 38.6. The molecule has 9 nitrogen and oxygen atoms in total. The van der Waals surface area contributed by atoms with Crippen molar-refractivity contribution in [2.24, 2.45) is 12.5 Å². The highest BCUT2D eigenvalue weighted by Gasteiger charge is 2.50. The van der Waals surface area contributed by atoms with Crippen LogP contribution in [0.3, 0.4) is 0 Å². The van der Waals surface area contributed by atoms with E-state index in [1.54, 1.807) is 20.2 Å². The summed E-state index contributed by atoms with van der Waals surface area (Å²) in [6.07, 6.45) is 5.30. The van der Waals surface area contributed by atoms with E-state index >= 15 is 0 Å². The molecule has 4 rings (SSSR count). The van der Waals surface area contributed by atoms with Gasteiger partial charge in [0, 0.05) is 64.5 Å². The predicted molar refractivity (Wildman–Crippen MR) is 105 cm³/mol. The standard InChI is InChI=1S/C20H28N6O3/c1-13-9-22-17(24(13)4)16(18(27)21-3)25-7-8-26(12-20(11-25)5-6-20)19(28)15-10-29-14(2)23-15/h9-10,16H,5-8,11-12H2,1-4H3,(H,21,27). The van der Waals surface area contributed by atoms with E-state index in [1.165, 1.54) is 6.26 Å². The van der Waals surface area contributed by atoms with Gasteiger partial charge in [-0.2, -0.15) is 0 Å². The number of nitrogens with one attached hydrogen (secondary N) is 1. The molecule has 0 aromatic carbocycles. The number of carbonyl (C=O) groups excluding carboxylic acids is 2. The number of carbonyl (C=O) groups is 2. The summed E-state index contributed by atoms with van der Waals surface area (Å²) in [6.45, 7) is 6.26. The molecule has 1 N–H and O–H groups in total. The van der Waals surface area contributed by atoms with Crippen molar-refractivity contribution in [3.63, 3.8) is 0 Å². The minimum absolute atomic E-state index is 0.0252. The van der Waals surface area contributed by atoms with Crippen LogP contribution in [-0.4, -0.2) is 69.4 Å². The monoisotopic (exact) mass is 400 g/mol. The fraction of sp³-hybridized carbons (Fsp3) is 0.600. The fourth-order valence-electron chi connectivity index (χ4n) is 4.15. The van der Waals surface area contributed by atoms with Crippen LogP contribution >= 0.6 is 0 Å². The molecule has 1 unspecified atom stereocenters. The minimum Gasteiger partial charge on any atom is -0.448 e. The molecule has 9 heteroatoms. The number of aromatic nitrogens is 3. The summed E-state index contributed by atoms with van der Waals surface area (Å²) in [7, 11) is 3.58. The summed E-state index contributed by atoms with van der Waals surface area (Å²) in [5.74, 6) is 1.01. The highest BCUT2D eigenvalue weighted by molar-refractivity contribution is 5.92. The Balaban J connectivity index is 1.61. The average Bonchev–Trinajstić information content (AvgIpc) is 3.27. The van der Waals surface area contributed by atoms with Crippen molar-refractivity contribution >= 4 is 11.8 Å². The second-order valence-corrected chi connectivity index (χ2v) is 8.28. The maximum absolute atomic E-state index is 13.0. The van der Waals surface area contributed by atoms with Crippen molar-refractivity contribution in [3.05, 3.63) is 35.6 Å². The molecule has 2 aliphatic rings. The first kappa shape index (κ1) is 19.6. The number of imidazole rings is 1. The van der Waals surface area contributed by atoms with Gasteiger partial charge in [-0.1, -0.05) is 0 Å². The smallest absolute Gasteiger partial charge is 0.275 e. The third kappa shape index (κ3) is 3.66. The summed E-state index contributed by atoms with van der Waals surface area (Å²) in [5, 5.41) is 2.79. The van der Waals surface area contributed by atoms with Gasteiger partial charge in [-0.15, -0.1) is 0 Å². The summed E-state index contributed by atoms with van der Waals surface area (Å²) >= 11 is 0. The number of hydrogen-bond donors (Lipinski definition) is 1. The Hall–Kier alpha value is -2.68. The maximum Gasteiger partial charge on any atom is 0.275 e. The van der Waals surface area contributed by atoms with Gasteiger partial charge >= 0.3 is 0 Å². The molecule has 2 amide bonds. The normalized spacial score (nSPS) is 19.8. The van der Waals surface area contributed by atoms with E-state index in [-0.39, 0.29) is 17.2 Å². The van der Waals surface area contributed by atoms with Crippen LogP contribution in [0, 0.1) is 19.3 Å². The lowest BCUT2D eigenvalue weighted by Crippen LogP contribution is -2.43. The zero-order valence-electron chi connectivity index (χ0n) is 17.4. The third-order valence-electron chi connectivity index (χ3n) is 6.17. The number of amides is 2. The van der Waals surface area contributed by atoms with Crippen LogP contribution in [0.2, 0.25) is 0 Å². The van der Waals surface area contributed by atoms with Crippen LogP contribution in [0.25, 0.3) is 0 Å². The summed E-state index contributed by atoms with van der Waals surface area (Å²) in [6, 6.07) is -0.486. The molecule has 1 aliphatic carbocycles. The van der Waals surface area contributed by atoms with Crippen molar-refractivity contribution < 1.29 is 14.0 Å². The first-order valence-electron chi connectivity index (χ1n) is 9.99. The second kappa shape index (κ2) is 7.29. The lowest BCUT2D eigenvalue weighted by Gasteiger charge is -2.30. The Labute approximate surface area is 170 Å². The molecule has 1 saturated carbocycles. The van der Waals surface area contributed by atoms with E-state index in [1.807, 2.05) is 23.4 Å². The maximum atomic E-state index is 13.0. The molecule has 2 aromatic heterocycles. The summed E-state index contributed by atoms with van der Waals surface area (Å²) in [5.41, 5.74) is 1.37. The lowest BCUT2D eigenvalue weighted by atomic mass is 10.0. The number of rotatable bonds is 4. The van der Waals surface area contributed by atoms with E-state index in [4.69, 9.17) is 4.42 Å². The van der Waals surface area contributed by atoms with E-state index in [9.17, 15) is 9.59 Å². The van der Waals surface area contributed by atoms with Crippen LogP contribution in [-0.2, 0) is 11.8 Å². The van der Waals surface area contributed by atoms with Crippen molar-refractivity contribution in [1.29, 1.82) is 0 Å². The average molecular weight is 400 g/mol. The van der Waals surface area contributed by atoms with Gasteiger partial charge in [-0.25, -0.2) is 9.97 Å². The Bertz CT molecular complexity index is 929. The lowest BCUT2D eigenvalue weighted by molar-refractivity contribution is -0.126. The van der Waals surface area contributed by atoms with E-state index in [0.29, 0.717) is 31.2 Å². The molecule has 29 heavy (non-hydrogen) atoms. The molecule has 0 radical (unpaired) electrons. The van der Waals surface area contributed by atoms with Crippen molar-refractivity contribution in [2.75, 3.05) is 33.2 Å². The number of oxazole rings is 1. The first-order chi connectivity index (χ1) is 13.8. The van der Waals surface area contributed by atoms with Gasteiger partial charge < -0.3 is 19.2 Å². The van der Waals surface area contributed by atoms with E-state index in [0.717, 1.165) is 30.9 Å². The van der Waals surface area contributed by atoms with Gasteiger partial charge in [-0.3, -0.25) is 14.5 Å². The topological polar surface area (TPSA) is 96.5 Å². The van der Waals surface area contributed by atoms with Crippen LogP contribution < -0.4 is 5.32 Å². The molecule has 0 bridgehead atoms. The van der Waals surface area contributed by atoms with Crippen LogP contribution in [0.1, 0.15) is 46.8 Å². The van der Waals surface area contributed by atoms with Gasteiger partial charge in [0.25, 0.3) is 5.91 Å². The fourth-order valence-corrected chi connectivity index (χ4v) is 4.15. The minimum atomic E-state index is -0.486. The molecule has 1 atom stereocenters. The van der Waals surface area contributed by atoms with Crippen molar-refractivity contribution in [1.82, 2.24) is 29.7 Å².